The van der Waals surface area contributed by atoms with Crippen molar-refractivity contribution in [3.05, 3.63) is 70.4 Å². The lowest BCUT2D eigenvalue weighted by molar-refractivity contribution is -0.119. The molecular formula is C20H18ClNO. The molecule has 0 saturated carbocycles. The third-order valence-electron chi connectivity index (χ3n) is 4.86. The molecule has 0 unspecified atom stereocenters. The molecule has 0 fully saturated rings. The van der Waals surface area contributed by atoms with E-state index in [-0.39, 0.29) is 11.8 Å². The zero-order valence-corrected chi connectivity index (χ0v) is 13.7. The number of para-hydroxylation sites is 1. The summed E-state index contributed by atoms with van der Waals surface area (Å²) in [5, 5.41) is 1.96. The lowest BCUT2D eigenvalue weighted by Gasteiger charge is -2.16. The summed E-state index contributed by atoms with van der Waals surface area (Å²) in [5.41, 5.74) is 4.78. The molecule has 2 aromatic carbocycles. The number of carbonyl (C=O) groups is 1. The standard InChI is InChI=1S/C20H18ClNO/c1-12-10-15(23)11-17(13-6-8-14(21)9-7-13)20-19(12)16-4-2-3-5-18(16)22-20/h2-9,12,17,22H,10-11H2,1H3/t12-,17-/m1/s1. The molecule has 3 heteroatoms. The second-order valence-corrected chi connectivity index (χ2v) is 6.89. The summed E-state index contributed by atoms with van der Waals surface area (Å²) in [6.07, 6.45) is 1.16. The first-order valence-electron chi connectivity index (χ1n) is 8.01. The number of nitrogens with one attached hydrogen (secondary N) is 1. The number of hydrogen-bond donors (Lipinski definition) is 1. The molecule has 116 valence electrons. The van der Waals surface area contributed by atoms with Crippen LogP contribution in [0, 0.1) is 0 Å². The fraction of sp³-hybridized carbons (Fsp3) is 0.250. The normalized spacial score (nSPS) is 21.2. The maximum absolute atomic E-state index is 12.4. The highest BCUT2D eigenvalue weighted by Gasteiger charge is 2.31. The summed E-state index contributed by atoms with van der Waals surface area (Å²) < 4.78 is 0. The number of fused-ring (bicyclic) bond motifs is 3. The maximum atomic E-state index is 12.4. The highest BCUT2D eigenvalue weighted by molar-refractivity contribution is 6.30. The first kappa shape index (κ1) is 14.5. The van der Waals surface area contributed by atoms with E-state index in [0.717, 1.165) is 16.1 Å². The van der Waals surface area contributed by atoms with Gasteiger partial charge in [0.1, 0.15) is 5.78 Å². The number of benzene rings is 2. The molecule has 4 rings (SSSR count). The molecule has 3 aromatic rings. The summed E-state index contributed by atoms with van der Waals surface area (Å²) >= 11 is 6.02. The van der Waals surface area contributed by atoms with Gasteiger partial charge in [-0.1, -0.05) is 48.9 Å². The Morgan fingerprint density at radius 2 is 1.78 bits per heavy atom. The number of ketones is 1. The molecule has 0 spiro atoms. The minimum absolute atomic E-state index is 0.0760. The van der Waals surface area contributed by atoms with Crippen LogP contribution in [-0.4, -0.2) is 10.8 Å². The lowest BCUT2D eigenvalue weighted by Crippen LogP contribution is -2.06. The van der Waals surface area contributed by atoms with Gasteiger partial charge in [-0.3, -0.25) is 4.79 Å². The zero-order valence-electron chi connectivity index (χ0n) is 13.0. The fourth-order valence-corrected chi connectivity index (χ4v) is 3.95. The van der Waals surface area contributed by atoms with Crippen molar-refractivity contribution < 1.29 is 4.79 Å². The van der Waals surface area contributed by atoms with Gasteiger partial charge in [-0.2, -0.15) is 0 Å². The predicted octanol–water partition coefficient (Wildman–Crippen LogP) is 5.42. The summed E-state index contributed by atoms with van der Waals surface area (Å²) in [7, 11) is 0. The smallest absolute Gasteiger partial charge is 0.134 e. The molecule has 0 amide bonds. The van der Waals surface area contributed by atoms with Crippen LogP contribution in [0.15, 0.2) is 48.5 Å². The molecule has 0 aliphatic heterocycles. The van der Waals surface area contributed by atoms with Crippen molar-refractivity contribution in [1.29, 1.82) is 0 Å². The molecule has 1 aromatic heterocycles. The number of aromatic nitrogens is 1. The average molecular weight is 324 g/mol. The third-order valence-corrected chi connectivity index (χ3v) is 5.11. The second kappa shape index (κ2) is 5.54. The monoisotopic (exact) mass is 323 g/mol. The number of carbonyl (C=O) groups excluding carboxylic acids is 1. The number of halogens is 1. The number of aromatic amines is 1. The van der Waals surface area contributed by atoms with Crippen LogP contribution >= 0.6 is 11.6 Å². The molecular weight excluding hydrogens is 306 g/mol. The summed E-state index contributed by atoms with van der Waals surface area (Å²) in [5.74, 6) is 0.643. The van der Waals surface area contributed by atoms with Gasteiger partial charge in [0.05, 0.1) is 0 Å². The molecule has 23 heavy (non-hydrogen) atoms. The Balaban J connectivity index is 1.94. The third kappa shape index (κ3) is 2.47. The van der Waals surface area contributed by atoms with Crippen LogP contribution in [-0.2, 0) is 4.79 Å². The summed E-state index contributed by atoms with van der Waals surface area (Å²) in [6, 6.07) is 16.2. The van der Waals surface area contributed by atoms with Crippen molar-refractivity contribution in [3.63, 3.8) is 0 Å². The first-order valence-corrected chi connectivity index (χ1v) is 8.39. The highest BCUT2D eigenvalue weighted by Crippen LogP contribution is 2.42. The van der Waals surface area contributed by atoms with Gasteiger partial charge in [0.15, 0.2) is 0 Å². The predicted molar refractivity (Wildman–Crippen MR) is 94.2 cm³/mol. The van der Waals surface area contributed by atoms with Gasteiger partial charge in [-0.05, 0) is 35.2 Å². The van der Waals surface area contributed by atoms with Gasteiger partial charge in [-0.25, -0.2) is 0 Å². The summed E-state index contributed by atoms with van der Waals surface area (Å²) in [4.78, 5) is 16.0. The second-order valence-electron chi connectivity index (χ2n) is 6.45. The van der Waals surface area contributed by atoms with Gasteiger partial charge in [-0.15, -0.1) is 0 Å². The highest BCUT2D eigenvalue weighted by atomic mass is 35.5. The van der Waals surface area contributed by atoms with Crippen LogP contribution < -0.4 is 0 Å². The van der Waals surface area contributed by atoms with Gasteiger partial charge in [0.2, 0.25) is 0 Å². The topological polar surface area (TPSA) is 32.9 Å². The van der Waals surface area contributed by atoms with Crippen LogP contribution in [0.3, 0.4) is 0 Å². The van der Waals surface area contributed by atoms with Crippen LogP contribution in [0.5, 0.6) is 0 Å². The van der Waals surface area contributed by atoms with Crippen molar-refractivity contribution in [2.75, 3.05) is 0 Å². The average Bonchev–Trinajstić information content (AvgIpc) is 2.87. The van der Waals surface area contributed by atoms with E-state index in [4.69, 9.17) is 11.6 Å². The Morgan fingerprint density at radius 1 is 1.04 bits per heavy atom. The molecule has 1 aliphatic carbocycles. The maximum Gasteiger partial charge on any atom is 0.134 e. The van der Waals surface area contributed by atoms with Crippen molar-refractivity contribution in [2.24, 2.45) is 0 Å². The van der Waals surface area contributed by atoms with Crippen LogP contribution in [0.2, 0.25) is 5.02 Å². The quantitative estimate of drug-likeness (QED) is 0.596. The Hall–Kier alpha value is -2.06. The van der Waals surface area contributed by atoms with E-state index in [0.29, 0.717) is 18.6 Å². The number of H-pyrrole nitrogens is 1. The zero-order chi connectivity index (χ0) is 16.0. The molecule has 0 bridgehead atoms. The molecule has 2 nitrogen and oxygen atoms in total. The van der Waals surface area contributed by atoms with E-state index in [1.54, 1.807) is 0 Å². The minimum atomic E-state index is 0.0760. The van der Waals surface area contributed by atoms with Crippen molar-refractivity contribution in [1.82, 2.24) is 4.98 Å². The number of hydrogen-bond acceptors (Lipinski definition) is 1. The molecule has 0 saturated heterocycles. The largest absolute Gasteiger partial charge is 0.358 e. The van der Waals surface area contributed by atoms with Crippen LogP contribution in [0.25, 0.3) is 10.9 Å². The SMILES string of the molecule is C[C@@H]1CC(=O)C[C@H](c2ccc(Cl)cc2)c2[nH]c3ccccc3c21. The van der Waals surface area contributed by atoms with Gasteiger partial charge >= 0.3 is 0 Å². The van der Waals surface area contributed by atoms with Crippen molar-refractivity contribution in [2.45, 2.75) is 31.6 Å². The summed E-state index contributed by atoms with van der Waals surface area (Å²) in [6.45, 7) is 2.15. The van der Waals surface area contributed by atoms with Crippen molar-refractivity contribution >= 4 is 28.3 Å². The number of rotatable bonds is 1. The Labute approximate surface area is 140 Å². The molecule has 2 atom stereocenters. The first-order chi connectivity index (χ1) is 11.1. The Bertz CT molecular complexity index is 878. The molecule has 1 aliphatic rings. The molecule has 0 radical (unpaired) electrons. The van der Waals surface area contributed by atoms with E-state index in [1.807, 2.05) is 30.3 Å². The lowest BCUT2D eigenvalue weighted by atomic mass is 9.89. The van der Waals surface area contributed by atoms with E-state index in [2.05, 4.69) is 30.1 Å². The minimum Gasteiger partial charge on any atom is -0.358 e. The van der Waals surface area contributed by atoms with Gasteiger partial charge < -0.3 is 4.98 Å². The van der Waals surface area contributed by atoms with Crippen LogP contribution in [0.1, 0.15) is 48.4 Å². The molecule has 1 N–H and O–H groups in total. The molecule has 1 heterocycles. The fourth-order valence-electron chi connectivity index (χ4n) is 3.83. The van der Waals surface area contributed by atoms with E-state index in [1.165, 1.54) is 16.6 Å². The number of Topliss-reactive ketones (excluding diaryl/α,β-unsaturated/α-hetero) is 1. The van der Waals surface area contributed by atoms with Gasteiger partial charge in [0, 0.05) is 40.4 Å². The van der Waals surface area contributed by atoms with E-state index < -0.39 is 0 Å². The Kier molecular flexibility index (Phi) is 3.50. The van der Waals surface area contributed by atoms with Crippen molar-refractivity contribution in [3.8, 4) is 0 Å². The van der Waals surface area contributed by atoms with Gasteiger partial charge in [0.25, 0.3) is 0 Å². The van der Waals surface area contributed by atoms with E-state index in [9.17, 15) is 4.79 Å². The Morgan fingerprint density at radius 3 is 2.57 bits per heavy atom. The van der Waals surface area contributed by atoms with E-state index >= 15 is 0 Å². The van der Waals surface area contributed by atoms with Crippen LogP contribution in [0.4, 0.5) is 0 Å².